The molecular weight excluding hydrogens is 480 g/mol. The van der Waals surface area contributed by atoms with Gasteiger partial charge in [-0.25, -0.2) is 8.42 Å². The number of carbonyl (C=O) groups excluding carboxylic acids is 1. The molecule has 1 saturated heterocycles. The lowest BCUT2D eigenvalue weighted by molar-refractivity contribution is -0.123. The molecule has 1 amide bonds. The van der Waals surface area contributed by atoms with Crippen molar-refractivity contribution in [2.24, 2.45) is 5.92 Å². The van der Waals surface area contributed by atoms with E-state index in [-0.39, 0.29) is 29.3 Å². The van der Waals surface area contributed by atoms with Crippen LogP contribution in [0.3, 0.4) is 0 Å². The summed E-state index contributed by atoms with van der Waals surface area (Å²) in [7, 11) is -3.66. The molecule has 31 heavy (non-hydrogen) atoms. The van der Waals surface area contributed by atoms with Gasteiger partial charge in [0.25, 0.3) is 0 Å². The first kappa shape index (κ1) is 22.3. The molecule has 0 radical (unpaired) electrons. The molecule has 2 heterocycles. The Kier molecular flexibility index (Phi) is 6.42. The largest absolute Gasteiger partial charge is 0.494 e. The maximum atomic E-state index is 13.5. The lowest BCUT2D eigenvalue weighted by Crippen LogP contribution is -2.48. The number of rotatable bonds is 5. The van der Waals surface area contributed by atoms with Gasteiger partial charge < -0.3 is 9.64 Å². The molecule has 0 N–H and O–H groups in total. The van der Waals surface area contributed by atoms with Gasteiger partial charge in [0.1, 0.15) is 5.75 Å². The number of piperidine rings is 1. The summed E-state index contributed by atoms with van der Waals surface area (Å²) in [5, 5.41) is 0. The molecule has 1 fully saturated rings. The fraction of sp³-hybridized carbons (Fsp3) is 0.435. The molecule has 166 valence electrons. The molecule has 0 bridgehead atoms. The van der Waals surface area contributed by atoms with Crippen LogP contribution in [0, 0.1) is 5.92 Å². The molecule has 2 aromatic rings. The Morgan fingerprint density at radius 3 is 2.65 bits per heavy atom. The van der Waals surface area contributed by atoms with Crippen molar-refractivity contribution >= 4 is 37.5 Å². The number of benzene rings is 2. The fourth-order valence-corrected chi connectivity index (χ4v) is 6.45. The van der Waals surface area contributed by atoms with Crippen LogP contribution in [-0.2, 0) is 21.2 Å². The van der Waals surface area contributed by atoms with Crippen molar-refractivity contribution in [3.05, 3.63) is 52.5 Å². The third-order valence-corrected chi connectivity index (χ3v) is 8.37. The van der Waals surface area contributed by atoms with E-state index in [0.717, 1.165) is 22.1 Å². The predicted octanol–water partition coefficient (Wildman–Crippen LogP) is 4.23. The Balaban J connectivity index is 1.53. The minimum Gasteiger partial charge on any atom is -0.494 e. The Bertz CT molecular complexity index is 1070. The number of hydrogen-bond acceptors (Lipinski definition) is 4. The summed E-state index contributed by atoms with van der Waals surface area (Å²) in [5.74, 6) is 0.310. The summed E-state index contributed by atoms with van der Waals surface area (Å²) >= 11 is 3.50. The van der Waals surface area contributed by atoms with E-state index in [1.165, 1.54) is 4.31 Å². The van der Waals surface area contributed by atoms with Gasteiger partial charge in [-0.15, -0.1) is 0 Å². The summed E-state index contributed by atoms with van der Waals surface area (Å²) < 4.78 is 34.3. The van der Waals surface area contributed by atoms with Crippen molar-refractivity contribution in [1.29, 1.82) is 0 Å². The van der Waals surface area contributed by atoms with E-state index < -0.39 is 10.0 Å². The quantitative estimate of drug-likeness (QED) is 0.608. The zero-order chi connectivity index (χ0) is 22.2. The van der Waals surface area contributed by atoms with Gasteiger partial charge in [-0.1, -0.05) is 15.9 Å². The number of sulfonamides is 1. The molecule has 0 aliphatic carbocycles. The van der Waals surface area contributed by atoms with Crippen LogP contribution in [0.25, 0.3) is 0 Å². The van der Waals surface area contributed by atoms with Gasteiger partial charge >= 0.3 is 0 Å². The summed E-state index contributed by atoms with van der Waals surface area (Å²) in [4.78, 5) is 15.6. The molecule has 8 heteroatoms. The highest BCUT2D eigenvalue weighted by Crippen LogP contribution is 2.36. The number of halogens is 1. The van der Waals surface area contributed by atoms with Crippen LogP contribution in [0.4, 0.5) is 5.69 Å². The van der Waals surface area contributed by atoms with Crippen LogP contribution in [0.15, 0.2) is 51.8 Å². The molecule has 4 rings (SSSR count). The molecular formula is C23H27BrN2O4S. The second kappa shape index (κ2) is 8.92. The minimum atomic E-state index is -3.66. The van der Waals surface area contributed by atoms with Crippen LogP contribution in [0.1, 0.15) is 32.3 Å². The standard InChI is InChI=1S/C23H27BrN2O4S/c1-3-30-20-7-9-21(10-8-20)31(28,29)25-12-4-5-17(15-25)23(27)26-16(2)13-18-14-19(24)6-11-22(18)26/h6-11,14,16-17H,3-5,12-13,15H2,1-2H3/t16-,17-/m0/s1. The average molecular weight is 507 g/mol. The third-order valence-electron chi connectivity index (χ3n) is 6.00. The molecule has 0 saturated carbocycles. The molecule has 2 aliphatic rings. The van der Waals surface area contributed by atoms with Crippen molar-refractivity contribution in [3.8, 4) is 5.75 Å². The lowest BCUT2D eigenvalue weighted by Gasteiger charge is -2.34. The number of carbonyl (C=O) groups is 1. The monoisotopic (exact) mass is 506 g/mol. The van der Waals surface area contributed by atoms with E-state index in [2.05, 4.69) is 22.0 Å². The van der Waals surface area contributed by atoms with Gasteiger partial charge in [0.15, 0.2) is 0 Å². The number of amides is 1. The predicted molar refractivity (Wildman–Crippen MR) is 124 cm³/mol. The maximum absolute atomic E-state index is 13.5. The van der Waals surface area contributed by atoms with E-state index in [9.17, 15) is 13.2 Å². The minimum absolute atomic E-state index is 0.0140. The summed E-state index contributed by atoms with van der Waals surface area (Å²) in [6.45, 7) is 5.09. The zero-order valence-electron chi connectivity index (χ0n) is 17.8. The van der Waals surface area contributed by atoms with E-state index in [1.54, 1.807) is 24.3 Å². The number of ether oxygens (including phenoxy) is 1. The van der Waals surface area contributed by atoms with Gasteiger partial charge in [-0.05, 0) is 81.1 Å². The molecule has 0 unspecified atom stereocenters. The molecule has 2 aliphatic heterocycles. The number of fused-ring (bicyclic) bond motifs is 1. The van der Waals surface area contributed by atoms with Crippen LogP contribution in [-0.4, -0.2) is 44.4 Å². The highest BCUT2D eigenvalue weighted by atomic mass is 79.9. The third kappa shape index (κ3) is 4.38. The normalized spacial score (nSPS) is 21.7. The first-order valence-corrected chi connectivity index (χ1v) is 12.9. The van der Waals surface area contributed by atoms with E-state index in [1.807, 2.05) is 30.9 Å². The van der Waals surface area contributed by atoms with Gasteiger partial charge in [0.05, 0.1) is 17.4 Å². The smallest absolute Gasteiger partial charge is 0.243 e. The Morgan fingerprint density at radius 1 is 1.19 bits per heavy atom. The second-order valence-electron chi connectivity index (χ2n) is 8.14. The van der Waals surface area contributed by atoms with Gasteiger partial charge in [-0.3, -0.25) is 4.79 Å². The van der Waals surface area contributed by atoms with Crippen LogP contribution >= 0.6 is 15.9 Å². The Morgan fingerprint density at radius 2 is 1.94 bits per heavy atom. The Hall–Kier alpha value is -1.90. The molecule has 2 atom stereocenters. The van der Waals surface area contributed by atoms with Gasteiger partial charge in [0.2, 0.25) is 15.9 Å². The maximum Gasteiger partial charge on any atom is 0.243 e. The molecule has 6 nitrogen and oxygen atoms in total. The second-order valence-corrected chi connectivity index (χ2v) is 11.0. The lowest BCUT2D eigenvalue weighted by atomic mass is 9.97. The number of nitrogens with zero attached hydrogens (tertiary/aromatic N) is 2. The zero-order valence-corrected chi connectivity index (χ0v) is 20.2. The van der Waals surface area contributed by atoms with Crippen LogP contribution in [0.5, 0.6) is 5.75 Å². The van der Waals surface area contributed by atoms with Crippen molar-refractivity contribution in [2.75, 3.05) is 24.6 Å². The summed E-state index contributed by atoms with van der Waals surface area (Å²) in [6.07, 6.45) is 2.17. The van der Waals surface area contributed by atoms with Crippen LogP contribution < -0.4 is 9.64 Å². The van der Waals surface area contributed by atoms with E-state index in [0.29, 0.717) is 31.7 Å². The van der Waals surface area contributed by atoms with Crippen molar-refractivity contribution < 1.29 is 17.9 Å². The Labute approximate surface area is 192 Å². The average Bonchev–Trinajstić information content (AvgIpc) is 3.08. The molecule has 0 spiro atoms. The topological polar surface area (TPSA) is 66.9 Å². The molecule has 2 aromatic carbocycles. The SMILES string of the molecule is CCOc1ccc(S(=O)(=O)N2CCC[C@H](C(=O)N3c4ccc(Br)cc4C[C@@H]3C)C2)cc1. The van der Waals surface area contributed by atoms with Gasteiger partial charge in [0, 0.05) is 29.3 Å². The van der Waals surface area contributed by atoms with Crippen molar-refractivity contribution in [3.63, 3.8) is 0 Å². The number of hydrogen-bond donors (Lipinski definition) is 0. The summed E-state index contributed by atoms with van der Waals surface area (Å²) in [5.41, 5.74) is 2.08. The number of anilines is 1. The molecule has 0 aromatic heterocycles. The highest BCUT2D eigenvalue weighted by Gasteiger charge is 2.39. The fourth-order valence-electron chi connectivity index (χ4n) is 4.52. The summed E-state index contributed by atoms with van der Waals surface area (Å²) in [6, 6.07) is 12.5. The van der Waals surface area contributed by atoms with Crippen LogP contribution in [0.2, 0.25) is 0 Å². The van der Waals surface area contributed by atoms with E-state index >= 15 is 0 Å². The van der Waals surface area contributed by atoms with E-state index in [4.69, 9.17) is 4.74 Å². The first-order chi connectivity index (χ1) is 14.8. The van der Waals surface area contributed by atoms with Crippen molar-refractivity contribution in [1.82, 2.24) is 4.31 Å². The van der Waals surface area contributed by atoms with Crippen molar-refractivity contribution in [2.45, 2.75) is 44.0 Å². The highest BCUT2D eigenvalue weighted by molar-refractivity contribution is 9.10. The first-order valence-electron chi connectivity index (χ1n) is 10.7. The van der Waals surface area contributed by atoms with Gasteiger partial charge in [-0.2, -0.15) is 4.31 Å².